The van der Waals surface area contributed by atoms with Crippen LogP contribution in [0.5, 0.6) is 0 Å². The quantitative estimate of drug-likeness (QED) is 0.602. The second kappa shape index (κ2) is 9.43. The van der Waals surface area contributed by atoms with Crippen molar-refractivity contribution < 1.29 is 23.9 Å². The lowest BCUT2D eigenvalue weighted by Crippen LogP contribution is -2.41. The van der Waals surface area contributed by atoms with Crippen molar-refractivity contribution in [2.75, 3.05) is 26.6 Å². The molecule has 2 amide bonds. The molecule has 1 N–H and O–H groups in total. The van der Waals surface area contributed by atoms with Crippen LogP contribution in [0.3, 0.4) is 0 Å². The molecule has 0 spiro atoms. The molecule has 0 bridgehead atoms. The summed E-state index contributed by atoms with van der Waals surface area (Å²) in [7, 11) is 2.90. The number of nitrogens with zero attached hydrogens (tertiary/aromatic N) is 1. The zero-order valence-corrected chi connectivity index (χ0v) is 16.4. The zero-order chi connectivity index (χ0) is 19.9. The third-order valence-electron chi connectivity index (χ3n) is 3.42. The number of alkyl carbamates (subject to hydrolysis) is 1. The first kappa shape index (κ1) is 21.8. The summed E-state index contributed by atoms with van der Waals surface area (Å²) in [5.74, 6) is -0.881. The van der Waals surface area contributed by atoms with Gasteiger partial charge in [-0.2, -0.15) is 0 Å². The van der Waals surface area contributed by atoms with Crippen LogP contribution in [0.15, 0.2) is 24.3 Å². The van der Waals surface area contributed by atoms with Gasteiger partial charge in [0.05, 0.1) is 18.7 Å². The molecule has 1 atom stereocenters. The van der Waals surface area contributed by atoms with Crippen molar-refractivity contribution in [2.24, 2.45) is 0 Å². The molecule has 0 aromatic heterocycles. The van der Waals surface area contributed by atoms with Gasteiger partial charge in [-0.3, -0.25) is 4.79 Å². The number of carbonyl (C=O) groups excluding carboxylic acids is 3. The van der Waals surface area contributed by atoms with Crippen molar-refractivity contribution in [1.82, 2.24) is 10.2 Å². The van der Waals surface area contributed by atoms with Gasteiger partial charge in [0, 0.05) is 13.6 Å². The Balaban J connectivity index is 3.01. The van der Waals surface area contributed by atoms with E-state index in [0.29, 0.717) is 11.1 Å². The van der Waals surface area contributed by atoms with Gasteiger partial charge in [-0.1, -0.05) is 12.1 Å². The van der Waals surface area contributed by atoms with E-state index in [-0.39, 0.29) is 18.3 Å². The number of benzene rings is 1. The third-order valence-corrected chi connectivity index (χ3v) is 3.65. The van der Waals surface area contributed by atoms with E-state index in [2.05, 4.69) is 10.1 Å². The fourth-order valence-corrected chi connectivity index (χ4v) is 2.34. The highest BCUT2D eigenvalue weighted by molar-refractivity contribution is 6.27. The Morgan fingerprint density at radius 3 is 2.23 bits per heavy atom. The smallest absolute Gasteiger partial charge is 0.408 e. The maximum atomic E-state index is 12.1. The molecule has 0 aliphatic rings. The molecule has 0 unspecified atom stereocenters. The van der Waals surface area contributed by atoms with E-state index in [4.69, 9.17) is 16.3 Å². The summed E-state index contributed by atoms with van der Waals surface area (Å²) in [5, 5.41) is 2.75. The van der Waals surface area contributed by atoms with Crippen molar-refractivity contribution in [1.29, 1.82) is 0 Å². The van der Waals surface area contributed by atoms with Crippen molar-refractivity contribution in [2.45, 2.75) is 32.4 Å². The Hall–Kier alpha value is -2.28. The van der Waals surface area contributed by atoms with Crippen LogP contribution in [0.25, 0.3) is 0 Å². The summed E-state index contributed by atoms with van der Waals surface area (Å²) in [4.78, 5) is 36.9. The number of alkyl halides is 1. The van der Waals surface area contributed by atoms with Gasteiger partial charge < -0.3 is 19.7 Å². The second-order valence-electron chi connectivity index (χ2n) is 6.72. The Morgan fingerprint density at radius 1 is 1.19 bits per heavy atom. The van der Waals surface area contributed by atoms with Crippen LogP contribution in [0.4, 0.5) is 4.79 Å². The highest BCUT2D eigenvalue weighted by Gasteiger charge is 2.23. The highest BCUT2D eigenvalue weighted by atomic mass is 35.5. The highest BCUT2D eigenvalue weighted by Crippen LogP contribution is 2.17. The molecule has 8 heteroatoms. The second-order valence-corrected chi connectivity index (χ2v) is 6.99. The lowest BCUT2D eigenvalue weighted by atomic mass is 10.0. The van der Waals surface area contributed by atoms with Crippen molar-refractivity contribution in [3.05, 3.63) is 35.4 Å². The summed E-state index contributed by atoms with van der Waals surface area (Å²) < 4.78 is 9.95. The normalized spacial score (nSPS) is 12.1. The van der Waals surface area contributed by atoms with E-state index in [1.165, 1.54) is 12.0 Å². The van der Waals surface area contributed by atoms with Gasteiger partial charge >= 0.3 is 12.1 Å². The first-order valence-electron chi connectivity index (χ1n) is 8.05. The Labute approximate surface area is 158 Å². The fourth-order valence-electron chi connectivity index (χ4n) is 2.13. The molecule has 0 saturated heterocycles. The zero-order valence-electron chi connectivity index (χ0n) is 15.7. The van der Waals surface area contributed by atoms with E-state index >= 15 is 0 Å². The monoisotopic (exact) mass is 384 g/mol. The number of methoxy groups -OCH3 is 1. The molecule has 0 fully saturated rings. The number of hydrogen-bond acceptors (Lipinski definition) is 5. The minimum atomic E-state index is -0.652. The van der Waals surface area contributed by atoms with Crippen molar-refractivity contribution >= 4 is 29.6 Å². The number of ether oxygens (including phenoxy) is 2. The molecule has 1 aromatic rings. The predicted octanol–water partition coefficient (Wildman–Crippen LogP) is 2.74. The average molecular weight is 385 g/mol. The first-order chi connectivity index (χ1) is 12.1. The van der Waals surface area contributed by atoms with Gasteiger partial charge in [-0.05, 0) is 38.5 Å². The van der Waals surface area contributed by atoms with Crippen LogP contribution in [-0.2, 0) is 14.3 Å². The molecule has 26 heavy (non-hydrogen) atoms. The number of halogens is 1. The van der Waals surface area contributed by atoms with Crippen LogP contribution in [0.1, 0.15) is 42.7 Å². The fraction of sp³-hybridized carbons (Fsp3) is 0.500. The minimum Gasteiger partial charge on any atom is -0.465 e. The van der Waals surface area contributed by atoms with Crippen molar-refractivity contribution in [3.63, 3.8) is 0 Å². The molecule has 0 heterocycles. The van der Waals surface area contributed by atoms with E-state index in [0.717, 1.165) is 0 Å². The topological polar surface area (TPSA) is 84.9 Å². The van der Waals surface area contributed by atoms with Gasteiger partial charge in [0.1, 0.15) is 11.5 Å². The molecular weight excluding hydrogens is 360 g/mol. The molecule has 1 aromatic carbocycles. The van der Waals surface area contributed by atoms with E-state index in [1.807, 2.05) is 0 Å². The molecule has 0 aliphatic heterocycles. The van der Waals surface area contributed by atoms with Crippen molar-refractivity contribution in [3.8, 4) is 0 Å². The molecule has 0 saturated carbocycles. The standard InChI is InChI=1S/C18H25ClN2O5/c1-18(2,3)26-17(24)20-14(11-21(4)15(22)10-19)12-6-8-13(9-7-12)16(23)25-5/h6-9,14H,10-11H2,1-5H3,(H,20,24)/t14-/m0/s1. The Kier molecular flexibility index (Phi) is 7.89. The predicted molar refractivity (Wildman–Crippen MR) is 98.2 cm³/mol. The summed E-state index contributed by atoms with van der Waals surface area (Å²) in [6, 6.07) is 6.03. The number of carbonyl (C=O) groups is 3. The summed E-state index contributed by atoms with van der Waals surface area (Å²) in [5.41, 5.74) is 0.441. The van der Waals surface area contributed by atoms with E-state index in [1.54, 1.807) is 52.1 Å². The molecule has 7 nitrogen and oxygen atoms in total. The van der Waals surface area contributed by atoms with E-state index < -0.39 is 23.7 Å². The van der Waals surface area contributed by atoms with Gasteiger partial charge in [0.25, 0.3) is 0 Å². The summed E-state index contributed by atoms with van der Waals surface area (Å²) in [6.45, 7) is 5.48. The number of esters is 1. The molecule has 1 rings (SSSR count). The van der Waals surface area contributed by atoms with Crippen LogP contribution in [-0.4, -0.2) is 55.1 Å². The van der Waals surface area contributed by atoms with E-state index in [9.17, 15) is 14.4 Å². The molecule has 0 aliphatic carbocycles. The first-order valence-corrected chi connectivity index (χ1v) is 8.58. The maximum Gasteiger partial charge on any atom is 0.408 e. The largest absolute Gasteiger partial charge is 0.465 e. The number of hydrogen-bond donors (Lipinski definition) is 1. The number of likely N-dealkylation sites (N-methyl/N-ethyl adjacent to an activating group) is 1. The van der Waals surface area contributed by atoms with Crippen LogP contribution in [0.2, 0.25) is 0 Å². The molecule has 0 radical (unpaired) electrons. The summed E-state index contributed by atoms with van der Waals surface area (Å²) in [6.07, 6.45) is -0.605. The average Bonchev–Trinajstić information content (AvgIpc) is 2.58. The van der Waals surface area contributed by atoms with Gasteiger partial charge in [0.2, 0.25) is 5.91 Å². The van der Waals surface area contributed by atoms with Crippen LogP contribution >= 0.6 is 11.6 Å². The lowest BCUT2D eigenvalue weighted by molar-refractivity contribution is -0.127. The number of rotatable bonds is 6. The van der Waals surface area contributed by atoms with Gasteiger partial charge in [-0.25, -0.2) is 9.59 Å². The Morgan fingerprint density at radius 2 is 1.77 bits per heavy atom. The Bertz CT molecular complexity index is 640. The minimum absolute atomic E-state index is 0.156. The third kappa shape index (κ3) is 6.92. The maximum absolute atomic E-state index is 12.1. The van der Waals surface area contributed by atoms with Crippen LogP contribution < -0.4 is 5.32 Å². The van der Waals surface area contributed by atoms with Gasteiger partial charge in [0.15, 0.2) is 0 Å². The number of amides is 2. The summed E-state index contributed by atoms with van der Waals surface area (Å²) >= 11 is 5.59. The molecular formula is C18H25ClN2O5. The number of nitrogens with one attached hydrogen (secondary N) is 1. The lowest BCUT2D eigenvalue weighted by Gasteiger charge is -2.27. The van der Waals surface area contributed by atoms with Crippen LogP contribution in [0, 0.1) is 0 Å². The molecule has 144 valence electrons. The SMILES string of the molecule is COC(=O)c1ccc([C@H](CN(C)C(=O)CCl)NC(=O)OC(C)(C)C)cc1. The van der Waals surface area contributed by atoms with Gasteiger partial charge in [-0.15, -0.1) is 11.6 Å².